The molecule has 0 unspecified atom stereocenters. The molecule has 0 saturated carbocycles. The van der Waals surface area contributed by atoms with Crippen LogP contribution >= 0.6 is 0 Å². The molecule has 8 rings (SSSR count). The Hall–Kier alpha value is -5.23. The van der Waals surface area contributed by atoms with Crippen LogP contribution in [0, 0.1) is 18.6 Å². The van der Waals surface area contributed by atoms with Crippen molar-refractivity contribution in [1.29, 1.82) is 0 Å². The molecule has 1 spiro atoms. The van der Waals surface area contributed by atoms with Crippen molar-refractivity contribution in [1.82, 2.24) is 4.57 Å². The molecule has 0 amide bonds. The van der Waals surface area contributed by atoms with Gasteiger partial charge in [-0.2, -0.15) is 0 Å². The number of anilines is 3. The van der Waals surface area contributed by atoms with Gasteiger partial charge in [0.15, 0.2) is 5.43 Å². The topological polar surface area (TPSA) is 34.5 Å². The molecule has 2 aliphatic heterocycles. The van der Waals surface area contributed by atoms with Crippen molar-refractivity contribution in [3.05, 3.63) is 159 Å². The first-order chi connectivity index (χ1) is 20.4. The van der Waals surface area contributed by atoms with Crippen LogP contribution in [-0.4, -0.2) is 4.57 Å². The van der Waals surface area contributed by atoms with Gasteiger partial charge in [0.2, 0.25) is 0 Å². The smallest absolute Gasteiger partial charge is 0.192 e. The molecule has 1 aromatic heterocycles. The first-order valence-corrected chi connectivity index (χ1v) is 13.7. The normalized spacial score (nSPS) is 14.1. The lowest BCUT2D eigenvalue weighted by Gasteiger charge is -2.48. The molecule has 5 aromatic carbocycles. The van der Waals surface area contributed by atoms with Crippen molar-refractivity contribution >= 4 is 28.0 Å². The van der Waals surface area contributed by atoms with Crippen LogP contribution in [0.15, 0.2) is 114 Å². The molecule has 3 heterocycles. The number of pyridine rings is 1. The molecular formula is C36H24F2N2O2. The highest BCUT2D eigenvalue weighted by Gasteiger charge is 2.51. The van der Waals surface area contributed by atoms with Gasteiger partial charge in [0.1, 0.15) is 23.1 Å². The van der Waals surface area contributed by atoms with Crippen molar-refractivity contribution in [3.63, 3.8) is 0 Å². The van der Waals surface area contributed by atoms with E-state index in [1.54, 1.807) is 31.2 Å². The molecule has 4 nitrogen and oxygen atoms in total. The molecule has 204 valence electrons. The molecule has 42 heavy (non-hydrogen) atoms. The van der Waals surface area contributed by atoms with Gasteiger partial charge in [0, 0.05) is 41.0 Å². The molecule has 0 radical (unpaired) electrons. The van der Waals surface area contributed by atoms with Crippen LogP contribution in [0.4, 0.5) is 25.8 Å². The number of rotatable bonds is 1. The molecule has 0 saturated heterocycles. The molecule has 0 bridgehead atoms. The highest BCUT2D eigenvalue weighted by Crippen LogP contribution is 2.62. The Kier molecular flexibility index (Phi) is 5.05. The summed E-state index contributed by atoms with van der Waals surface area (Å²) in [5, 5.41) is 0.612. The minimum absolute atomic E-state index is 0.0207. The van der Waals surface area contributed by atoms with Crippen LogP contribution in [0.5, 0.6) is 11.5 Å². The maximum absolute atomic E-state index is 15.4. The number of nitrogens with zero attached hydrogens (tertiary/aromatic N) is 2. The Labute approximate surface area is 240 Å². The standard InChI is InChI=1S/C36H24F2N2O2/c1-21-20-39(2)32-19-24(13-14-25(32)35(21)41)40-30-15-11-22(37)17-28(30)36(29-18-23(38)12-16-31(29)40)26-7-3-5-9-33(26)42-34-10-6-4-8-27(34)36/h3-20H,1-2H3. The summed E-state index contributed by atoms with van der Waals surface area (Å²) in [7, 11) is 1.91. The van der Waals surface area contributed by atoms with E-state index in [4.69, 9.17) is 4.74 Å². The van der Waals surface area contributed by atoms with Gasteiger partial charge in [-0.3, -0.25) is 4.79 Å². The van der Waals surface area contributed by atoms with Gasteiger partial charge >= 0.3 is 0 Å². The summed E-state index contributed by atoms with van der Waals surface area (Å²) < 4.78 is 39.0. The molecule has 0 atom stereocenters. The summed E-state index contributed by atoms with van der Waals surface area (Å²) in [4.78, 5) is 15.0. The van der Waals surface area contributed by atoms with Crippen molar-refractivity contribution < 1.29 is 13.5 Å². The summed E-state index contributed by atoms with van der Waals surface area (Å²) >= 11 is 0. The van der Waals surface area contributed by atoms with Crippen molar-refractivity contribution in [2.75, 3.05) is 4.90 Å². The monoisotopic (exact) mass is 554 g/mol. The minimum Gasteiger partial charge on any atom is -0.457 e. The molecule has 2 aliphatic rings. The van der Waals surface area contributed by atoms with Crippen LogP contribution < -0.4 is 15.1 Å². The third kappa shape index (κ3) is 3.17. The lowest BCUT2D eigenvalue weighted by Crippen LogP contribution is -2.40. The number of hydrogen-bond donors (Lipinski definition) is 0. The fraction of sp³-hybridized carbons (Fsp3) is 0.0833. The lowest BCUT2D eigenvalue weighted by molar-refractivity contribution is 0.433. The summed E-state index contributed by atoms with van der Waals surface area (Å²) in [5.41, 5.74) is 5.56. The number of fused-ring (bicyclic) bond motifs is 9. The summed E-state index contributed by atoms with van der Waals surface area (Å²) in [6, 6.07) is 30.6. The van der Waals surface area contributed by atoms with E-state index in [1.807, 2.05) is 89.4 Å². The van der Waals surface area contributed by atoms with Crippen molar-refractivity contribution in [3.8, 4) is 11.5 Å². The fourth-order valence-electron chi connectivity index (χ4n) is 6.91. The molecule has 0 N–H and O–H groups in total. The van der Waals surface area contributed by atoms with E-state index in [-0.39, 0.29) is 5.43 Å². The Balaban J connectivity index is 1.52. The highest BCUT2D eigenvalue weighted by atomic mass is 19.1. The Morgan fingerprint density at radius 1 is 0.690 bits per heavy atom. The maximum atomic E-state index is 15.4. The molecule has 0 aliphatic carbocycles. The van der Waals surface area contributed by atoms with E-state index in [1.165, 1.54) is 12.1 Å². The molecular weight excluding hydrogens is 530 g/mol. The van der Waals surface area contributed by atoms with Gasteiger partial charge in [-0.1, -0.05) is 36.4 Å². The van der Waals surface area contributed by atoms with Gasteiger partial charge < -0.3 is 14.2 Å². The maximum Gasteiger partial charge on any atom is 0.192 e. The van der Waals surface area contributed by atoms with Gasteiger partial charge in [0.05, 0.1) is 22.3 Å². The molecule has 0 fully saturated rings. The molecule has 6 aromatic rings. The zero-order chi connectivity index (χ0) is 28.7. The summed E-state index contributed by atoms with van der Waals surface area (Å²) in [6.07, 6.45) is 1.82. The first-order valence-electron chi connectivity index (χ1n) is 13.7. The largest absolute Gasteiger partial charge is 0.457 e. The van der Waals surface area contributed by atoms with Crippen LogP contribution in [0.2, 0.25) is 0 Å². The van der Waals surface area contributed by atoms with Crippen LogP contribution in [-0.2, 0) is 12.5 Å². The van der Waals surface area contributed by atoms with E-state index in [0.29, 0.717) is 33.6 Å². The first kappa shape index (κ1) is 24.6. The average Bonchev–Trinajstić information content (AvgIpc) is 3.00. The number of halogens is 2. The predicted molar refractivity (Wildman–Crippen MR) is 160 cm³/mol. The number of hydrogen-bond acceptors (Lipinski definition) is 3. The Bertz CT molecular complexity index is 2070. The minimum atomic E-state index is -1.06. The number of ether oxygens (including phenoxy) is 1. The highest BCUT2D eigenvalue weighted by molar-refractivity contribution is 5.93. The fourth-order valence-corrected chi connectivity index (χ4v) is 6.91. The van der Waals surface area contributed by atoms with Crippen LogP contribution in [0.1, 0.15) is 27.8 Å². The van der Waals surface area contributed by atoms with E-state index in [9.17, 15) is 4.79 Å². The lowest BCUT2D eigenvalue weighted by atomic mass is 9.61. The van der Waals surface area contributed by atoms with Gasteiger partial charge in [-0.05, 0) is 84.8 Å². The van der Waals surface area contributed by atoms with Gasteiger partial charge in [-0.25, -0.2) is 8.78 Å². The van der Waals surface area contributed by atoms with E-state index in [2.05, 4.69) is 0 Å². The number of para-hydroxylation sites is 2. The zero-order valence-electron chi connectivity index (χ0n) is 22.9. The predicted octanol–water partition coefficient (Wildman–Crippen LogP) is 8.40. The SMILES string of the molecule is Cc1cn(C)c2cc(N3c4ccc(F)cc4C4(c5ccccc5Oc5ccccc54)c4cc(F)ccc43)ccc2c1=O. The Morgan fingerprint density at radius 3 is 1.86 bits per heavy atom. The second-order valence-corrected chi connectivity index (χ2v) is 11.0. The van der Waals surface area contributed by atoms with E-state index in [0.717, 1.165) is 33.7 Å². The quantitative estimate of drug-likeness (QED) is 0.204. The average molecular weight is 555 g/mol. The van der Waals surface area contributed by atoms with E-state index >= 15 is 8.78 Å². The second-order valence-electron chi connectivity index (χ2n) is 11.0. The van der Waals surface area contributed by atoms with Crippen LogP contribution in [0.3, 0.4) is 0 Å². The number of aromatic nitrogens is 1. The third-order valence-corrected chi connectivity index (χ3v) is 8.62. The van der Waals surface area contributed by atoms with Crippen molar-refractivity contribution in [2.45, 2.75) is 12.3 Å². The third-order valence-electron chi connectivity index (χ3n) is 8.62. The summed E-state index contributed by atoms with van der Waals surface area (Å²) in [5.74, 6) is 0.467. The van der Waals surface area contributed by atoms with Crippen molar-refractivity contribution in [2.24, 2.45) is 7.05 Å². The molecule has 6 heteroatoms. The summed E-state index contributed by atoms with van der Waals surface area (Å²) in [6.45, 7) is 1.80. The van der Waals surface area contributed by atoms with Crippen LogP contribution in [0.25, 0.3) is 10.9 Å². The number of benzene rings is 5. The second kappa shape index (κ2) is 8.63. The van der Waals surface area contributed by atoms with E-state index < -0.39 is 17.0 Å². The number of aryl methyl sites for hydroxylation is 2. The zero-order valence-corrected chi connectivity index (χ0v) is 22.9. The Morgan fingerprint density at radius 2 is 1.26 bits per heavy atom. The van der Waals surface area contributed by atoms with Gasteiger partial charge in [0.25, 0.3) is 0 Å². The van der Waals surface area contributed by atoms with Gasteiger partial charge in [-0.15, -0.1) is 0 Å².